The molecule has 1 aliphatic carbocycles. The zero-order valence-corrected chi connectivity index (χ0v) is 17.2. The van der Waals surface area contributed by atoms with Crippen molar-refractivity contribution in [1.29, 1.82) is 0 Å². The lowest BCUT2D eigenvalue weighted by Gasteiger charge is -2.27. The van der Waals surface area contributed by atoms with E-state index in [9.17, 15) is 4.79 Å². The number of hydrogen-bond acceptors (Lipinski definition) is 5. The zero-order chi connectivity index (χ0) is 19.6. The molecule has 2 fully saturated rings. The summed E-state index contributed by atoms with van der Waals surface area (Å²) < 4.78 is 2.27. The zero-order valence-electron chi connectivity index (χ0n) is 16.4. The molecule has 2 aromatic carbocycles. The number of amides is 1. The van der Waals surface area contributed by atoms with E-state index in [1.165, 1.54) is 43.9 Å². The van der Waals surface area contributed by atoms with Gasteiger partial charge in [-0.1, -0.05) is 48.2 Å². The molecular formula is C22H25N5OS. The van der Waals surface area contributed by atoms with Crippen LogP contribution in [0.2, 0.25) is 0 Å². The highest BCUT2D eigenvalue weighted by molar-refractivity contribution is 7.99. The standard InChI is InChI=1S/C22H25N5OS/c28-20(23-19-10-6-8-16-7-2-3-9-18(16)19)15-29-22-25-24-21(27(22)17-11-12-17)26-13-4-1-5-14-26/h2-3,6-10,17H,1,4-5,11-15H2,(H,23,28). The van der Waals surface area contributed by atoms with Crippen LogP contribution in [-0.4, -0.2) is 39.5 Å². The highest BCUT2D eigenvalue weighted by Crippen LogP contribution is 2.41. The van der Waals surface area contributed by atoms with Gasteiger partial charge in [-0.25, -0.2) is 0 Å². The van der Waals surface area contributed by atoms with Crippen LogP contribution in [0.25, 0.3) is 10.8 Å². The minimum Gasteiger partial charge on any atom is -0.341 e. The molecule has 2 aliphatic rings. The number of piperidine rings is 1. The third-order valence-corrected chi connectivity index (χ3v) is 6.54. The second-order valence-corrected chi connectivity index (χ2v) is 8.74. The van der Waals surface area contributed by atoms with E-state index < -0.39 is 0 Å². The number of thioether (sulfide) groups is 1. The van der Waals surface area contributed by atoms with E-state index in [0.717, 1.165) is 40.7 Å². The Hall–Kier alpha value is -2.54. The Bertz CT molecular complexity index is 1020. The molecule has 0 spiro atoms. The van der Waals surface area contributed by atoms with Gasteiger partial charge in [0.1, 0.15) is 0 Å². The molecule has 1 N–H and O–H groups in total. The van der Waals surface area contributed by atoms with Crippen LogP contribution in [0.15, 0.2) is 47.6 Å². The van der Waals surface area contributed by atoms with Crippen LogP contribution >= 0.6 is 11.8 Å². The molecule has 7 heteroatoms. The van der Waals surface area contributed by atoms with Crippen LogP contribution in [-0.2, 0) is 4.79 Å². The number of aromatic nitrogens is 3. The Balaban J connectivity index is 1.28. The lowest BCUT2D eigenvalue weighted by molar-refractivity contribution is -0.113. The highest BCUT2D eigenvalue weighted by Gasteiger charge is 2.32. The van der Waals surface area contributed by atoms with Gasteiger partial charge >= 0.3 is 0 Å². The summed E-state index contributed by atoms with van der Waals surface area (Å²) in [5, 5.41) is 15.0. The molecule has 3 aromatic rings. The number of benzene rings is 2. The first-order valence-electron chi connectivity index (χ1n) is 10.4. The monoisotopic (exact) mass is 407 g/mol. The van der Waals surface area contributed by atoms with E-state index in [-0.39, 0.29) is 5.91 Å². The van der Waals surface area contributed by atoms with Gasteiger partial charge in [0.25, 0.3) is 0 Å². The van der Waals surface area contributed by atoms with Crippen molar-refractivity contribution in [3.63, 3.8) is 0 Å². The number of nitrogens with one attached hydrogen (secondary N) is 1. The van der Waals surface area contributed by atoms with Gasteiger partial charge in [0.15, 0.2) is 5.16 Å². The Morgan fingerprint density at radius 3 is 2.66 bits per heavy atom. The smallest absolute Gasteiger partial charge is 0.234 e. The Labute approximate surface area is 174 Å². The first-order chi connectivity index (χ1) is 14.3. The molecule has 150 valence electrons. The van der Waals surface area contributed by atoms with Crippen molar-refractivity contribution in [3.05, 3.63) is 42.5 Å². The van der Waals surface area contributed by atoms with E-state index in [4.69, 9.17) is 0 Å². The molecule has 29 heavy (non-hydrogen) atoms. The van der Waals surface area contributed by atoms with Crippen LogP contribution in [0.5, 0.6) is 0 Å². The van der Waals surface area contributed by atoms with Crippen molar-refractivity contribution in [2.24, 2.45) is 0 Å². The summed E-state index contributed by atoms with van der Waals surface area (Å²) in [4.78, 5) is 15.0. The van der Waals surface area contributed by atoms with Gasteiger partial charge in [0, 0.05) is 30.2 Å². The van der Waals surface area contributed by atoms with Crippen LogP contribution in [0.4, 0.5) is 11.6 Å². The van der Waals surface area contributed by atoms with E-state index in [1.54, 1.807) is 0 Å². The predicted molar refractivity (Wildman–Crippen MR) is 118 cm³/mol. The summed E-state index contributed by atoms with van der Waals surface area (Å²) in [7, 11) is 0. The molecule has 0 atom stereocenters. The largest absolute Gasteiger partial charge is 0.341 e. The van der Waals surface area contributed by atoms with E-state index >= 15 is 0 Å². The van der Waals surface area contributed by atoms with Crippen LogP contribution in [0.3, 0.4) is 0 Å². The molecule has 2 heterocycles. The molecule has 1 aliphatic heterocycles. The summed E-state index contributed by atoms with van der Waals surface area (Å²) in [5.74, 6) is 1.30. The summed E-state index contributed by atoms with van der Waals surface area (Å²) >= 11 is 1.48. The third kappa shape index (κ3) is 3.96. The number of nitrogens with zero attached hydrogens (tertiary/aromatic N) is 4. The first kappa shape index (κ1) is 18.5. The Kier molecular flexibility index (Phi) is 5.14. The lowest BCUT2D eigenvalue weighted by atomic mass is 10.1. The van der Waals surface area contributed by atoms with Gasteiger partial charge in [-0.3, -0.25) is 9.36 Å². The maximum Gasteiger partial charge on any atom is 0.234 e. The van der Waals surface area contributed by atoms with Crippen LogP contribution < -0.4 is 10.2 Å². The average molecular weight is 408 g/mol. The number of fused-ring (bicyclic) bond motifs is 1. The summed E-state index contributed by atoms with van der Waals surface area (Å²) in [6.45, 7) is 2.11. The van der Waals surface area contributed by atoms with Crippen molar-refractivity contribution < 1.29 is 4.79 Å². The fourth-order valence-corrected chi connectivity index (χ4v) is 4.78. The second kappa shape index (κ2) is 8.06. The lowest BCUT2D eigenvalue weighted by Crippen LogP contribution is -2.32. The van der Waals surface area contributed by atoms with Crippen molar-refractivity contribution in [1.82, 2.24) is 14.8 Å². The van der Waals surface area contributed by atoms with Crippen LogP contribution in [0.1, 0.15) is 38.1 Å². The maximum atomic E-state index is 12.6. The average Bonchev–Trinajstić information content (AvgIpc) is 3.52. The van der Waals surface area contributed by atoms with Crippen molar-refractivity contribution in [3.8, 4) is 0 Å². The fraction of sp³-hybridized carbons (Fsp3) is 0.409. The number of carbonyl (C=O) groups excluding carboxylic acids is 1. The Morgan fingerprint density at radius 2 is 1.83 bits per heavy atom. The molecule has 0 unspecified atom stereocenters. The molecule has 1 saturated heterocycles. The van der Waals surface area contributed by atoms with E-state index in [2.05, 4.69) is 37.1 Å². The van der Waals surface area contributed by atoms with Crippen molar-refractivity contribution >= 4 is 40.1 Å². The van der Waals surface area contributed by atoms with Gasteiger partial charge < -0.3 is 10.2 Å². The molecule has 6 nitrogen and oxygen atoms in total. The number of anilines is 2. The van der Waals surface area contributed by atoms with Crippen molar-refractivity contribution in [2.75, 3.05) is 29.1 Å². The topological polar surface area (TPSA) is 63.1 Å². The van der Waals surface area contributed by atoms with Crippen molar-refractivity contribution in [2.45, 2.75) is 43.3 Å². The molecule has 1 saturated carbocycles. The molecule has 0 radical (unpaired) electrons. The van der Waals surface area contributed by atoms with Crippen LogP contribution in [0, 0.1) is 0 Å². The third-order valence-electron chi connectivity index (χ3n) is 5.59. The number of hydrogen-bond donors (Lipinski definition) is 1. The van der Waals surface area contributed by atoms with Gasteiger partial charge in [-0.15, -0.1) is 10.2 Å². The predicted octanol–water partition coefficient (Wildman–Crippen LogP) is 4.49. The highest BCUT2D eigenvalue weighted by atomic mass is 32.2. The summed E-state index contributed by atoms with van der Waals surface area (Å²) in [6.07, 6.45) is 6.08. The first-order valence-corrected chi connectivity index (χ1v) is 11.4. The molecule has 1 amide bonds. The molecule has 1 aromatic heterocycles. The summed E-state index contributed by atoms with van der Waals surface area (Å²) in [6, 6.07) is 14.6. The molecule has 5 rings (SSSR count). The van der Waals surface area contributed by atoms with Gasteiger partial charge in [-0.2, -0.15) is 0 Å². The minimum atomic E-state index is -0.0174. The molecular weight excluding hydrogens is 382 g/mol. The van der Waals surface area contributed by atoms with E-state index in [0.29, 0.717) is 11.8 Å². The number of rotatable bonds is 6. The van der Waals surface area contributed by atoms with E-state index in [1.807, 2.05) is 30.3 Å². The minimum absolute atomic E-state index is 0.0174. The normalized spacial score (nSPS) is 16.9. The van der Waals surface area contributed by atoms with Gasteiger partial charge in [-0.05, 0) is 43.6 Å². The molecule has 0 bridgehead atoms. The quantitative estimate of drug-likeness (QED) is 0.610. The number of carbonyl (C=O) groups is 1. The van der Waals surface area contributed by atoms with Gasteiger partial charge in [0.05, 0.1) is 5.75 Å². The second-order valence-electron chi connectivity index (χ2n) is 7.80. The summed E-state index contributed by atoms with van der Waals surface area (Å²) in [5.41, 5.74) is 0.853. The van der Waals surface area contributed by atoms with Gasteiger partial charge in [0.2, 0.25) is 11.9 Å². The fourth-order valence-electron chi connectivity index (χ4n) is 3.98. The Morgan fingerprint density at radius 1 is 1.03 bits per heavy atom. The maximum absolute atomic E-state index is 12.6. The SMILES string of the molecule is O=C(CSc1nnc(N2CCCCC2)n1C1CC1)Nc1cccc2ccccc12.